The van der Waals surface area contributed by atoms with Gasteiger partial charge in [-0.05, 0) is 24.6 Å². The van der Waals surface area contributed by atoms with E-state index >= 15 is 0 Å². The molecule has 0 atom stereocenters. The highest BCUT2D eigenvalue weighted by atomic mass is 35.5. The number of nitrogens with two attached hydrogens (primary N) is 1. The lowest BCUT2D eigenvalue weighted by Crippen LogP contribution is -2.31. The van der Waals surface area contributed by atoms with Gasteiger partial charge in [0.25, 0.3) is 0 Å². The molecule has 0 aliphatic rings. The summed E-state index contributed by atoms with van der Waals surface area (Å²) < 4.78 is 24.1. The van der Waals surface area contributed by atoms with Crippen molar-refractivity contribution < 1.29 is 13.2 Å². The monoisotopic (exact) mass is 304 g/mol. The van der Waals surface area contributed by atoms with Crippen molar-refractivity contribution in [2.24, 2.45) is 0 Å². The number of carbonyl (C=O) groups is 1. The Hall–Kier alpha value is -1.27. The highest BCUT2D eigenvalue weighted by Crippen LogP contribution is 2.23. The molecule has 1 aromatic rings. The maximum atomic E-state index is 12.0. The molecule has 0 saturated heterocycles. The van der Waals surface area contributed by atoms with E-state index in [4.69, 9.17) is 17.3 Å². The molecule has 0 spiro atoms. The van der Waals surface area contributed by atoms with Crippen LogP contribution in [0.1, 0.15) is 19.8 Å². The molecule has 0 aliphatic heterocycles. The van der Waals surface area contributed by atoms with Gasteiger partial charge in [0, 0.05) is 11.6 Å². The van der Waals surface area contributed by atoms with Crippen molar-refractivity contribution in [1.29, 1.82) is 0 Å². The number of carbonyl (C=O) groups excluding carboxylic acids is 1. The number of rotatable bonds is 6. The van der Waals surface area contributed by atoms with Gasteiger partial charge in [-0.15, -0.1) is 0 Å². The Bertz CT molecular complexity index is 558. The van der Waals surface area contributed by atoms with Crippen molar-refractivity contribution >= 4 is 33.0 Å². The van der Waals surface area contributed by atoms with E-state index in [1.165, 1.54) is 18.2 Å². The van der Waals surface area contributed by atoms with Gasteiger partial charge in [-0.25, -0.2) is 8.42 Å². The molecular weight excluding hydrogens is 288 g/mol. The third-order valence-electron chi connectivity index (χ3n) is 2.48. The van der Waals surface area contributed by atoms with E-state index < -0.39 is 21.5 Å². The molecule has 0 radical (unpaired) electrons. The van der Waals surface area contributed by atoms with E-state index in [0.29, 0.717) is 6.54 Å². The van der Waals surface area contributed by atoms with Crippen LogP contribution in [0, 0.1) is 0 Å². The van der Waals surface area contributed by atoms with E-state index in [1.54, 1.807) is 0 Å². The smallest absolute Gasteiger partial charge is 0.235 e. The molecule has 0 fully saturated rings. The van der Waals surface area contributed by atoms with Crippen LogP contribution < -0.4 is 11.1 Å². The SMILES string of the molecule is CCCCNC(=O)CS(=O)(=O)c1cc(Cl)ccc1N. The summed E-state index contributed by atoms with van der Waals surface area (Å²) in [6, 6.07) is 4.16. The fourth-order valence-corrected chi connectivity index (χ4v) is 3.06. The first-order valence-electron chi connectivity index (χ1n) is 5.91. The Labute approximate surface area is 118 Å². The van der Waals surface area contributed by atoms with Crippen LogP contribution in [0.15, 0.2) is 23.1 Å². The van der Waals surface area contributed by atoms with Gasteiger partial charge in [0.05, 0.1) is 10.6 Å². The van der Waals surface area contributed by atoms with Gasteiger partial charge >= 0.3 is 0 Å². The number of benzene rings is 1. The lowest BCUT2D eigenvalue weighted by molar-refractivity contribution is -0.118. The van der Waals surface area contributed by atoms with Gasteiger partial charge in [-0.1, -0.05) is 24.9 Å². The molecule has 106 valence electrons. The summed E-state index contributed by atoms with van der Waals surface area (Å²) in [6.45, 7) is 2.45. The third kappa shape index (κ3) is 4.72. The maximum absolute atomic E-state index is 12.0. The summed E-state index contributed by atoms with van der Waals surface area (Å²) in [4.78, 5) is 11.4. The molecular formula is C12H17ClN2O3S. The van der Waals surface area contributed by atoms with Gasteiger partial charge in [0.15, 0.2) is 9.84 Å². The summed E-state index contributed by atoms with van der Waals surface area (Å²) in [7, 11) is -3.77. The largest absolute Gasteiger partial charge is 0.398 e. The first-order valence-corrected chi connectivity index (χ1v) is 7.94. The Balaban J connectivity index is 2.81. The zero-order chi connectivity index (χ0) is 14.5. The normalized spacial score (nSPS) is 11.3. The van der Waals surface area contributed by atoms with Crippen molar-refractivity contribution in [1.82, 2.24) is 5.32 Å². The predicted molar refractivity (Wildman–Crippen MR) is 75.8 cm³/mol. The molecule has 0 bridgehead atoms. The Morgan fingerprint density at radius 2 is 2.11 bits per heavy atom. The van der Waals surface area contributed by atoms with Gasteiger partial charge in [-0.2, -0.15) is 0 Å². The molecule has 3 N–H and O–H groups in total. The standard InChI is InChI=1S/C12H17ClN2O3S/c1-2-3-6-15-12(16)8-19(17,18)11-7-9(13)4-5-10(11)14/h4-5,7H,2-3,6,8,14H2,1H3,(H,15,16). The average molecular weight is 305 g/mol. The Morgan fingerprint density at radius 1 is 1.42 bits per heavy atom. The van der Waals surface area contributed by atoms with Crippen LogP contribution in [0.5, 0.6) is 0 Å². The molecule has 1 amide bonds. The van der Waals surface area contributed by atoms with E-state index in [9.17, 15) is 13.2 Å². The van der Waals surface area contributed by atoms with Gasteiger partial charge in [-0.3, -0.25) is 4.79 Å². The number of anilines is 1. The highest BCUT2D eigenvalue weighted by molar-refractivity contribution is 7.92. The first-order chi connectivity index (χ1) is 8.86. The van der Waals surface area contributed by atoms with Crippen molar-refractivity contribution in [3.63, 3.8) is 0 Å². The van der Waals surface area contributed by atoms with E-state index in [0.717, 1.165) is 12.8 Å². The Morgan fingerprint density at radius 3 is 2.74 bits per heavy atom. The van der Waals surface area contributed by atoms with Crippen LogP contribution in [0.2, 0.25) is 5.02 Å². The fourth-order valence-electron chi connectivity index (χ4n) is 1.48. The lowest BCUT2D eigenvalue weighted by atomic mass is 10.3. The number of amides is 1. The molecule has 0 aromatic heterocycles. The second kappa shape index (κ2) is 6.77. The van der Waals surface area contributed by atoms with Crippen LogP contribution in [0.25, 0.3) is 0 Å². The molecule has 1 rings (SSSR count). The van der Waals surface area contributed by atoms with Crippen LogP contribution >= 0.6 is 11.6 Å². The van der Waals surface area contributed by atoms with Gasteiger partial charge in [0.2, 0.25) is 5.91 Å². The fraction of sp³-hybridized carbons (Fsp3) is 0.417. The van der Waals surface area contributed by atoms with E-state index in [-0.39, 0.29) is 15.6 Å². The first kappa shape index (κ1) is 15.8. The third-order valence-corrected chi connectivity index (χ3v) is 4.39. The van der Waals surface area contributed by atoms with Crippen LogP contribution in [0.3, 0.4) is 0 Å². The Kier molecular flexibility index (Phi) is 5.62. The summed E-state index contributed by atoms with van der Waals surface area (Å²) in [5, 5.41) is 2.81. The number of hydrogen-bond acceptors (Lipinski definition) is 4. The predicted octanol–water partition coefficient (Wildman–Crippen LogP) is 1.61. The molecule has 0 aliphatic carbocycles. The summed E-state index contributed by atoms with van der Waals surface area (Å²) in [6.07, 6.45) is 1.74. The molecule has 7 heteroatoms. The quantitative estimate of drug-likeness (QED) is 0.617. The number of halogens is 1. The zero-order valence-corrected chi connectivity index (χ0v) is 12.2. The molecule has 19 heavy (non-hydrogen) atoms. The van der Waals surface area contributed by atoms with Crippen molar-refractivity contribution in [3.8, 4) is 0 Å². The molecule has 1 aromatic carbocycles. The number of nitrogen functional groups attached to an aromatic ring is 1. The number of unbranched alkanes of at least 4 members (excludes halogenated alkanes) is 1. The minimum absolute atomic E-state index is 0.0887. The molecule has 0 unspecified atom stereocenters. The number of hydrogen-bond donors (Lipinski definition) is 2. The number of nitrogens with one attached hydrogen (secondary N) is 1. The van der Waals surface area contributed by atoms with Crippen LogP contribution in [-0.4, -0.2) is 26.6 Å². The van der Waals surface area contributed by atoms with Gasteiger partial charge in [0.1, 0.15) is 5.75 Å². The van der Waals surface area contributed by atoms with Crippen LogP contribution in [0.4, 0.5) is 5.69 Å². The van der Waals surface area contributed by atoms with Gasteiger partial charge < -0.3 is 11.1 Å². The van der Waals surface area contributed by atoms with Crippen molar-refractivity contribution in [2.75, 3.05) is 18.0 Å². The minimum Gasteiger partial charge on any atom is -0.398 e. The molecule has 5 nitrogen and oxygen atoms in total. The van der Waals surface area contributed by atoms with Crippen molar-refractivity contribution in [2.45, 2.75) is 24.7 Å². The summed E-state index contributed by atoms with van der Waals surface area (Å²) in [5.74, 6) is -1.16. The van der Waals surface area contributed by atoms with E-state index in [2.05, 4.69) is 5.32 Å². The van der Waals surface area contributed by atoms with E-state index in [1.807, 2.05) is 6.92 Å². The maximum Gasteiger partial charge on any atom is 0.235 e. The molecule has 0 saturated carbocycles. The molecule has 0 heterocycles. The topological polar surface area (TPSA) is 89.3 Å². The highest BCUT2D eigenvalue weighted by Gasteiger charge is 2.21. The van der Waals surface area contributed by atoms with Crippen LogP contribution in [-0.2, 0) is 14.6 Å². The summed E-state index contributed by atoms with van der Waals surface area (Å²) in [5.41, 5.74) is 5.69. The lowest BCUT2D eigenvalue weighted by Gasteiger charge is -2.08. The average Bonchev–Trinajstić information content (AvgIpc) is 2.32. The van der Waals surface area contributed by atoms with Crippen molar-refractivity contribution in [3.05, 3.63) is 23.2 Å². The zero-order valence-electron chi connectivity index (χ0n) is 10.6. The second-order valence-electron chi connectivity index (χ2n) is 4.14. The second-order valence-corrected chi connectivity index (χ2v) is 6.54. The number of sulfone groups is 1. The summed E-state index contributed by atoms with van der Waals surface area (Å²) >= 11 is 5.74. The minimum atomic E-state index is -3.77.